The van der Waals surface area contributed by atoms with Crippen molar-refractivity contribution in [2.24, 2.45) is 11.3 Å². The molecule has 3 nitrogen and oxygen atoms in total. The van der Waals surface area contributed by atoms with Crippen molar-refractivity contribution in [3.63, 3.8) is 0 Å². The van der Waals surface area contributed by atoms with Gasteiger partial charge in [-0.3, -0.25) is 4.98 Å². The second-order valence-corrected chi connectivity index (χ2v) is 7.24. The monoisotopic (exact) mass is 292 g/mol. The molecule has 0 saturated heterocycles. The molecule has 0 spiro atoms. The molecule has 21 heavy (non-hydrogen) atoms. The highest BCUT2D eigenvalue weighted by Crippen LogP contribution is 2.30. The summed E-state index contributed by atoms with van der Waals surface area (Å²) in [4.78, 5) is 4.62. The lowest BCUT2D eigenvalue weighted by atomic mass is 9.78. The van der Waals surface area contributed by atoms with Crippen LogP contribution in [0.1, 0.15) is 50.9 Å². The van der Waals surface area contributed by atoms with Crippen molar-refractivity contribution in [2.45, 2.75) is 60.4 Å². The summed E-state index contributed by atoms with van der Waals surface area (Å²) < 4.78 is 5.51. The second kappa shape index (κ2) is 7.26. The van der Waals surface area contributed by atoms with E-state index in [0.717, 1.165) is 29.8 Å². The molecule has 0 radical (unpaired) electrons. The van der Waals surface area contributed by atoms with Gasteiger partial charge in [-0.2, -0.15) is 0 Å². The first kappa shape index (κ1) is 18.0. The number of rotatable bonds is 6. The minimum absolute atomic E-state index is 0.336. The number of nitrogens with zero attached hydrogens (tertiary/aromatic N) is 1. The largest absolute Gasteiger partial charge is 0.496 e. The topological polar surface area (TPSA) is 34.2 Å². The number of nitrogens with one attached hydrogen (secondary N) is 1. The molecule has 1 N–H and O–H groups in total. The van der Waals surface area contributed by atoms with Gasteiger partial charge < -0.3 is 10.1 Å². The van der Waals surface area contributed by atoms with Gasteiger partial charge in [0.2, 0.25) is 0 Å². The number of aryl methyl sites for hydroxylation is 1. The maximum Gasteiger partial charge on any atom is 0.128 e. The Bertz CT molecular complexity index is 463. The van der Waals surface area contributed by atoms with Crippen LogP contribution < -0.4 is 10.1 Å². The van der Waals surface area contributed by atoms with Gasteiger partial charge in [-0.1, -0.05) is 27.7 Å². The summed E-state index contributed by atoms with van der Waals surface area (Å²) in [5.41, 5.74) is 3.74. The van der Waals surface area contributed by atoms with Crippen molar-refractivity contribution in [2.75, 3.05) is 14.2 Å². The maximum atomic E-state index is 5.51. The summed E-state index contributed by atoms with van der Waals surface area (Å²) in [7, 11) is 3.77. The fourth-order valence-corrected chi connectivity index (χ4v) is 2.59. The van der Waals surface area contributed by atoms with Crippen LogP contribution in [0.2, 0.25) is 0 Å². The fourth-order valence-electron chi connectivity index (χ4n) is 2.59. The summed E-state index contributed by atoms with van der Waals surface area (Å²) in [5.74, 6) is 1.63. The quantitative estimate of drug-likeness (QED) is 0.863. The van der Waals surface area contributed by atoms with Crippen LogP contribution in [0.25, 0.3) is 0 Å². The van der Waals surface area contributed by atoms with Gasteiger partial charge in [0.25, 0.3) is 0 Å². The third kappa shape index (κ3) is 4.70. The van der Waals surface area contributed by atoms with Gasteiger partial charge in [-0.05, 0) is 38.6 Å². The number of aromatic nitrogens is 1. The Morgan fingerprint density at radius 1 is 1.29 bits per heavy atom. The Kier molecular flexibility index (Phi) is 6.21. The summed E-state index contributed by atoms with van der Waals surface area (Å²) >= 11 is 0. The molecule has 1 heterocycles. The Hall–Kier alpha value is -1.09. The lowest BCUT2D eigenvalue weighted by Gasteiger charge is -2.31. The van der Waals surface area contributed by atoms with E-state index in [1.807, 2.05) is 20.2 Å². The molecule has 1 aromatic rings. The number of ether oxygens (including phenoxy) is 1. The van der Waals surface area contributed by atoms with Crippen molar-refractivity contribution in [1.29, 1.82) is 0 Å². The Morgan fingerprint density at radius 3 is 2.38 bits per heavy atom. The molecule has 0 aliphatic rings. The van der Waals surface area contributed by atoms with E-state index >= 15 is 0 Å². The first-order valence-electron chi connectivity index (χ1n) is 7.87. The van der Waals surface area contributed by atoms with Gasteiger partial charge in [-0.15, -0.1) is 0 Å². The molecule has 3 heteroatoms. The van der Waals surface area contributed by atoms with E-state index in [2.05, 4.69) is 44.9 Å². The highest BCUT2D eigenvalue weighted by molar-refractivity contribution is 5.41. The SMILES string of the molecule is CNC(Cc1ncc(C)c(OC)c1C)CC(C)C(C)(C)C. The van der Waals surface area contributed by atoms with Crippen molar-refractivity contribution in [1.82, 2.24) is 10.3 Å². The molecule has 0 saturated carbocycles. The average Bonchev–Trinajstić information content (AvgIpc) is 2.40. The molecule has 2 atom stereocenters. The Labute approximate surface area is 130 Å². The minimum atomic E-state index is 0.336. The molecule has 0 bridgehead atoms. The zero-order chi connectivity index (χ0) is 16.2. The van der Waals surface area contributed by atoms with Crippen molar-refractivity contribution in [3.05, 3.63) is 23.0 Å². The lowest BCUT2D eigenvalue weighted by molar-refractivity contribution is 0.224. The molecule has 0 fully saturated rings. The molecule has 0 aliphatic heterocycles. The second-order valence-electron chi connectivity index (χ2n) is 7.24. The van der Waals surface area contributed by atoms with Crippen LogP contribution in [-0.4, -0.2) is 25.2 Å². The third-order valence-electron chi connectivity index (χ3n) is 4.71. The van der Waals surface area contributed by atoms with Gasteiger partial charge >= 0.3 is 0 Å². The van der Waals surface area contributed by atoms with E-state index in [1.165, 1.54) is 5.56 Å². The molecule has 0 amide bonds. The van der Waals surface area contributed by atoms with Gasteiger partial charge in [-0.25, -0.2) is 0 Å². The van der Waals surface area contributed by atoms with Crippen LogP contribution in [0.4, 0.5) is 0 Å². The number of pyridine rings is 1. The summed E-state index contributed by atoms with van der Waals surface area (Å²) in [5, 5.41) is 3.45. The Morgan fingerprint density at radius 2 is 1.90 bits per heavy atom. The Balaban J connectivity index is 2.88. The summed E-state index contributed by atoms with van der Waals surface area (Å²) in [6.07, 6.45) is 4.01. The van der Waals surface area contributed by atoms with E-state index in [0.29, 0.717) is 17.4 Å². The number of hydrogen-bond donors (Lipinski definition) is 1. The molecule has 0 aromatic carbocycles. The molecular formula is C18H32N2O. The number of likely N-dealkylation sites (N-methyl/N-ethyl adjacent to an activating group) is 1. The van der Waals surface area contributed by atoms with Crippen LogP contribution in [0, 0.1) is 25.2 Å². The molecule has 120 valence electrons. The van der Waals surface area contributed by atoms with Crippen LogP contribution in [-0.2, 0) is 6.42 Å². The predicted molar refractivity (Wildman–Crippen MR) is 90.1 cm³/mol. The first-order chi connectivity index (χ1) is 9.70. The van der Waals surface area contributed by atoms with E-state index < -0.39 is 0 Å². The van der Waals surface area contributed by atoms with Gasteiger partial charge in [0, 0.05) is 35.5 Å². The highest BCUT2D eigenvalue weighted by Gasteiger charge is 2.24. The van der Waals surface area contributed by atoms with Gasteiger partial charge in [0.1, 0.15) is 5.75 Å². The maximum absolute atomic E-state index is 5.51. The molecule has 1 rings (SSSR count). The van der Waals surface area contributed by atoms with E-state index in [-0.39, 0.29) is 0 Å². The molecular weight excluding hydrogens is 260 g/mol. The molecule has 0 aliphatic carbocycles. The van der Waals surface area contributed by atoms with E-state index in [9.17, 15) is 0 Å². The number of hydrogen-bond acceptors (Lipinski definition) is 3. The average molecular weight is 292 g/mol. The lowest BCUT2D eigenvalue weighted by Crippen LogP contribution is -2.33. The van der Waals surface area contributed by atoms with Crippen LogP contribution in [0.5, 0.6) is 5.75 Å². The van der Waals surface area contributed by atoms with Crippen molar-refractivity contribution in [3.8, 4) is 5.75 Å². The minimum Gasteiger partial charge on any atom is -0.496 e. The van der Waals surface area contributed by atoms with Crippen LogP contribution >= 0.6 is 0 Å². The van der Waals surface area contributed by atoms with Gasteiger partial charge in [0.15, 0.2) is 0 Å². The predicted octanol–water partition coefficient (Wildman–Crippen LogP) is 3.91. The zero-order valence-electron chi connectivity index (χ0n) is 15.0. The van der Waals surface area contributed by atoms with Crippen molar-refractivity contribution >= 4 is 0 Å². The standard InChI is InChI=1S/C18H32N2O/c1-12-11-20-16(14(3)17(12)21-8)10-15(19-7)9-13(2)18(4,5)6/h11,13,15,19H,9-10H2,1-8H3. The molecule has 2 unspecified atom stereocenters. The zero-order valence-corrected chi connectivity index (χ0v) is 15.0. The van der Waals surface area contributed by atoms with Crippen LogP contribution in [0.15, 0.2) is 6.20 Å². The van der Waals surface area contributed by atoms with Gasteiger partial charge in [0.05, 0.1) is 7.11 Å². The highest BCUT2D eigenvalue weighted by atomic mass is 16.5. The smallest absolute Gasteiger partial charge is 0.128 e. The third-order valence-corrected chi connectivity index (χ3v) is 4.71. The van der Waals surface area contributed by atoms with E-state index in [4.69, 9.17) is 4.74 Å². The van der Waals surface area contributed by atoms with Crippen LogP contribution in [0.3, 0.4) is 0 Å². The molecule has 1 aromatic heterocycles. The first-order valence-corrected chi connectivity index (χ1v) is 7.87. The van der Waals surface area contributed by atoms with E-state index in [1.54, 1.807) is 7.11 Å². The number of methoxy groups -OCH3 is 1. The van der Waals surface area contributed by atoms with Crippen molar-refractivity contribution < 1.29 is 4.74 Å². The summed E-state index contributed by atoms with van der Waals surface area (Å²) in [6, 6.07) is 0.442. The summed E-state index contributed by atoms with van der Waals surface area (Å²) in [6.45, 7) is 13.4. The fraction of sp³-hybridized carbons (Fsp3) is 0.722. The normalized spacial score (nSPS) is 14.9.